The predicted molar refractivity (Wildman–Crippen MR) is 85.3 cm³/mol. The summed E-state index contributed by atoms with van der Waals surface area (Å²) in [4.78, 5) is 28.8. The highest BCUT2D eigenvalue weighted by Crippen LogP contribution is 2.30. The van der Waals surface area contributed by atoms with E-state index in [1.807, 2.05) is 24.3 Å². The van der Waals surface area contributed by atoms with Gasteiger partial charge < -0.3 is 20.2 Å². The molecule has 1 aromatic rings. The fourth-order valence-corrected chi connectivity index (χ4v) is 2.29. The van der Waals surface area contributed by atoms with Gasteiger partial charge in [0, 0.05) is 32.0 Å². The van der Waals surface area contributed by atoms with E-state index >= 15 is 0 Å². The third-order valence-corrected chi connectivity index (χ3v) is 3.68. The average molecular weight is 319 g/mol. The SMILES string of the molecule is CNC(=O)CCNC(=O)[C@@]1(C)CC(c2ccccc2OC)=NO1. The molecule has 0 bridgehead atoms. The molecule has 1 aromatic carbocycles. The van der Waals surface area contributed by atoms with E-state index in [9.17, 15) is 9.59 Å². The van der Waals surface area contributed by atoms with Crippen molar-refractivity contribution < 1.29 is 19.2 Å². The van der Waals surface area contributed by atoms with Gasteiger partial charge in [-0.2, -0.15) is 0 Å². The van der Waals surface area contributed by atoms with Gasteiger partial charge in [0.25, 0.3) is 5.91 Å². The number of ether oxygens (including phenoxy) is 1. The van der Waals surface area contributed by atoms with Crippen molar-refractivity contribution in [3.8, 4) is 5.75 Å². The van der Waals surface area contributed by atoms with Crippen molar-refractivity contribution in [1.82, 2.24) is 10.6 Å². The molecule has 0 fully saturated rings. The Balaban J connectivity index is 1.99. The first-order chi connectivity index (χ1) is 11.0. The molecule has 1 aliphatic rings. The van der Waals surface area contributed by atoms with Crippen LogP contribution in [0.1, 0.15) is 25.3 Å². The summed E-state index contributed by atoms with van der Waals surface area (Å²) in [6, 6.07) is 7.44. The molecule has 1 atom stereocenters. The lowest BCUT2D eigenvalue weighted by atomic mass is 9.94. The van der Waals surface area contributed by atoms with Crippen molar-refractivity contribution in [3.05, 3.63) is 29.8 Å². The standard InChI is InChI=1S/C16H21N3O4/c1-16(15(21)18-9-8-14(20)17-2)10-12(19-23-16)11-6-4-5-7-13(11)22-3/h4-7H,8-10H2,1-3H3,(H,17,20)(H,18,21)/t16-/m1/s1. The van der Waals surface area contributed by atoms with Crippen LogP contribution in [0.5, 0.6) is 5.75 Å². The van der Waals surface area contributed by atoms with Crippen LogP contribution in [0, 0.1) is 0 Å². The van der Waals surface area contributed by atoms with Gasteiger partial charge in [0.1, 0.15) is 5.75 Å². The third-order valence-electron chi connectivity index (χ3n) is 3.68. The Labute approximate surface area is 135 Å². The number of para-hydroxylation sites is 1. The topological polar surface area (TPSA) is 89.0 Å². The van der Waals surface area contributed by atoms with Crippen molar-refractivity contribution in [2.45, 2.75) is 25.4 Å². The lowest BCUT2D eigenvalue weighted by Crippen LogP contribution is -2.45. The summed E-state index contributed by atoms with van der Waals surface area (Å²) in [5, 5.41) is 9.25. The minimum Gasteiger partial charge on any atom is -0.496 e. The molecular weight excluding hydrogens is 298 g/mol. The molecule has 7 heteroatoms. The summed E-state index contributed by atoms with van der Waals surface area (Å²) >= 11 is 0. The molecule has 0 saturated carbocycles. The molecule has 2 amide bonds. The number of nitrogens with one attached hydrogen (secondary N) is 2. The van der Waals surface area contributed by atoms with Crippen LogP contribution in [0.15, 0.2) is 29.4 Å². The van der Waals surface area contributed by atoms with Gasteiger partial charge in [0.2, 0.25) is 11.5 Å². The summed E-state index contributed by atoms with van der Waals surface area (Å²) in [5.74, 6) is 0.253. The normalized spacial score (nSPS) is 19.5. The fourth-order valence-electron chi connectivity index (χ4n) is 2.29. The van der Waals surface area contributed by atoms with E-state index in [1.165, 1.54) is 0 Å². The number of hydrogen-bond acceptors (Lipinski definition) is 5. The zero-order valence-electron chi connectivity index (χ0n) is 13.5. The summed E-state index contributed by atoms with van der Waals surface area (Å²) in [7, 11) is 3.14. The van der Waals surface area contributed by atoms with Crippen LogP contribution in [0.4, 0.5) is 0 Å². The van der Waals surface area contributed by atoms with Gasteiger partial charge in [-0.05, 0) is 19.1 Å². The maximum Gasteiger partial charge on any atom is 0.267 e. The molecule has 1 heterocycles. The van der Waals surface area contributed by atoms with Crippen LogP contribution in [0.2, 0.25) is 0 Å². The van der Waals surface area contributed by atoms with Crippen LogP contribution in [0.3, 0.4) is 0 Å². The second-order valence-electron chi connectivity index (χ2n) is 5.42. The van der Waals surface area contributed by atoms with Gasteiger partial charge in [-0.1, -0.05) is 17.3 Å². The molecule has 124 valence electrons. The minimum absolute atomic E-state index is 0.131. The molecular formula is C16H21N3O4. The molecule has 0 aliphatic carbocycles. The lowest BCUT2D eigenvalue weighted by Gasteiger charge is -2.20. The highest BCUT2D eigenvalue weighted by Gasteiger charge is 2.42. The number of amides is 2. The van der Waals surface area contributed by atoms with Gasteiger partial charge in [-0.25, -0.2) is 0 Å². The first-order valence-electron chi connectivity index (χ1n) is 7.37. The van der Waals surface area contributed by atoms with Crippen molar-refractivity contribution in [2.75, 3.05) is 20.7 Å². The van der Waals surface area contributed by atoms with Crippen molar-refractivity contribution in [3.63, 3.8) is 0 Å². The van der Waals surface area contributed by atoms with Crippen molar-refractivity contribution in [1.29, 1.82) is 0 Å². The molecule has 2 N–H and O–H groups in total. The van der Waals surface area contributed by atoms with Gasteiger partial charge >= 0.3 is 0 Å². The number of rotatable bonds is 6. The Hall–Kier alpha value is -2.57. The summed E-state index contributed by atoms with van der Waals surface area (Å²) in [6.07, 6.45) is 0.553. The Morgan fingerprint density at radius 1 is 1.39 bits per heavy atom. The number of hydrogen-bond donors (Lipinski definition) is 2. The molecule has 23 heavy (non-hydrogen) atoms. The minimum atomic E-state index is -1.08. The van der Waals surface area contributed by atoms with Crippen LogP contribution >= 0.6 is 0 Å². The first kappa shape index (κ1) is 16.8. The fraction of sp³-hybridized carbons (Fsp3) is 0.438. The van der Waals surface area contributed by atoms with E-state index in [4.69, 9.17) is 9.57 Å². The Morgan fingerprint density at radius 2 is 2.13 bits per heavy atom. The number of benzene rings is 1. The number of nitrogens with zero attached hydrogens (tertiary/aromatic N) is 1. The summed E-state index contributed by atoms with van der Waals surface area (Å²) in [5.41, 5.74) is 0.377. The van der Waals surface area contributed by atoms with E-state index in [0.717, 1.165) is 5.56 Å². The number of methoxy groups -OCH3 is 1. The zero-order chi connectivity index (χ0) is 16.9. The van der Waals surface area contributed by atoms with Gasteiger partial charge in [0.15, 0.2) is 0 Å². The Bertz CT molecular complexity index is 630. The second-order valence-corrected chi connectivity index (χ2v) is 5.42. The number of carbonyl (C=O) groups is 2. The van der Waals surface area contributed by atoms with Gasteiger partial charge in [-0.15, -0.1) is 0 Å². The zero-order valence-corrected chi connectivity index (χ0v) is 13.5. The Kier molecular flexibility index (Phi) is 5.20. The van der Waals surface area contributed by atoms with Gasteiger partial charge in [-0.3, -0.25) is 9.59 Å². The molecule has 2 rings (SSSR count). The van der Waals surface area contributed by atoms with Crippen molar-refractivity contribution in [2.24, 2.45) is 5.16 Å². The van der Waals surface area contributed by atoms with E-state index in [1.54, 1.807) is 21.1 Å². The van der Waals surface area contributed by atoms with E-state index in [2.05, 4.69) is 15.8 Å². The average Bonchev–Trinajstić information content (AvgIpc) is 2.98. The van der Waals surface area contributed by atoms with Gasteiger partial charge in [0.05, 0.1) is 12.8 Å². The maximum atomic E-state index is 12.3. The molecule has 0 radical (unpaired) electrons. The van der Waals surface area contributed by atoms with Crippen molar-refractivity contribution >= 4 is 17.5 Å². The molecule has 0 unspecified atom stereocenters. The van der Waals surface area contributed by atoms with E-state index in [-0.39, 0.29) is 24.8 Å². The quantitative estimate of drug-likeness (QED) is 0.813. The largest absolute Gasteiger partial charge is 0.496 e. The highest BCUT2D eigenvalue weighted by atomic mass is 16.7. The van der Waals surface area contributed by atoms with Crippen LogP contribution in [-0.4, -0.2) is 43.8 Å². The summed E-state index contributed by atoms with van der Waals surface area (Å²) < 4.78 is 5.31. The first-order valence-corrected chi connectivity index (χ1v) is 7.37. The molecule has 0 spiro atoms. The monoisotopic (exact) mass is 319 g/mol. The number of carbonyl (C=O) groups excluding carboxylic acids is 2. The predicted octanol–water partition coefficient (Wildman–Crippen LogP) is 0.831. The van der Waals surface area contributed by atoms with E-state index < -0.39 is 5.60 Å². The third kappa shape index (κ3) is 3.80. The molecule has 0 aromatic heterocycles. The Morgan fingerprint density at radius 3 is 2.83 bits per heavy atom. The smallest absolute Gasteiger partial charge is 0.267 e. The van der Waals surface area contributed by atoms with E-state index in [0.29, 0.717) is 17.9 Å². The van der Waals surface area contributed by atoms with Crippen LogP contribution in [0.25, 0.3) is 0 Å². The summed E-state index contributed by atoms with van der Waals surface area (Å²) in [6.45, 7) is 1.93. The second kappa shape index (κ2) is 7.13. The van der Waals surface area contributed by atoms with Crippen LogP contribution < -0.4 is 15.4 Å². The molecule has 0 saturated heterocycles. The lowest BCUT2D eigenvalue weighted by molar-refractivity contribution is -0.141. The van der Waals surface area contributed by atoms with Crippen LogP contribution in [-0.2, 0) is 14.4 Å². The highest BCUT2D eigenvalue weighted by molar-refractivity contribution is 6.07. The molecule has 7 nitrogen and oxygen atoms in total. The number of oxime groups is 1. The maximum absolute atomic E-state index is 12.3. The molecule has 1 aliphatic heterocycles.